The zero-order valence-corrected chi connectivity index (χ0v) is 16.5. The van der Waals surface area contributed by atoms with Gasteiger partial charge in [0.1, 0.15) is 5.75 Å². The first-order chi connectivity index (χ1) is 13.6. The molecule has 158 valence electrons. The van der Waals surface area contributed by atoms with Gasteiger partial charge < -0.3 is 9.47 Å². The van der Waals surface area contributed by atoms with E-state index < -0.39 is 21.8 Å². The van der Waals surface area contributed by atoms with E-state index in [0.717, 1.165) is 18.5 Å². The lowest BCUT2D eigenvalue weighted by Gasteiger charge is -2.31. The van der Waals surface area contributed by atoms with Gasteiger partial charge in [-0.2, -0.15) is 13.2 Å². The molecule has 6 nitrogen and oxygen atoms in total. The molecule has 0 saturated carbocycles. The van der Waals surface area contributed by atoms with Crippen molar-refractivity contribution >= 4 is 10.0 Å². The van der Waals surface area contributed by atoms with Crippen LogP contribution in [0.15, 0.2) is 42.6 Å². The average Bonchev–Trinajstić information content (AvgIpc) is 2.66. The second-order valence-electron chi connectivity index (χ2n) is 6.89. The number of nitrogens with one attached hydrogen (secondary N) is 1. The van der Waals surface area contributed by atoms with Crippen LogP contribution in [0.1, 0.15) is 12.0 Å². The quantitative estimate of drug-likeness (QED) is 0.762. The molecule has 10 heteroatoms. The lowest BCUT2D eigenvalue weighted by atomic mass is 9.98. The van der Waals surface area contributed by atoms with Crippen molar-refractivity contribution in [3.63, 3.8) is 0 Å². The van der Waals surface area contributed by atoms with Gasteiger partial charge in [-0.05, 0) is 42.8 Å². The molecule has 1 N–H and O–H groups in total. The number of ether oxygens (including phenoxy) is 2. The van der Waals surface area contributed by atoms with Crippen molar-refractivity contribution in [1.82, 2.24) is 9.71 Å². The Morgan fingerprint density at radius 2 is 1.93 bits per heavy atom. The minimum absolute atomic E-state index is 0.130. The summed E-state index contributed by atoms with van der Waals surface area (Å²) in [6.45, 7) is 1.14. The number of aromatic nitrogens is 1. The van der Waals surface area contributed by atoms with E-state index in [-0.39, 0.29) is 18.6 Å². The third kappa shape index (κ3) is 6.15. The van der Waals surface area contributed by atoms with E-state index in [1.807, 2.05) is 0 Å². The molecule has 2 atom stereocenters. The standard InChI is InChI=1S/C19H21F3N2O4S/c1-29(25,26)24-18-8-9-27-11-14(18)12-28-16-5-2-13(3-6-16)17-7-4-15(10-23-17)19(20,21)22/h2-7,10,14,18,24H,8-9,11-12H2,1H3. The molecule has 2 unspecified atom stereocenters. The van der Waals surface area contributed by atoms with Crippen LogP contribution in [0.4, 0.5) is 13.2 Å². The third-order valence-electron chi connectivity index (χ3n) is 4.54. The molecule has 29 heavy (non-hydrogen) atoms. The SMILES string of the molecule is CS(=O)(=O)NC1CCOCC1COc1ccc(-c2ccc(C(F)(F)F)cn2)cc1. The van der Waals surface area contributed by atoms with Gasteiger partial charge >= 0.3 is 6.18 Å². The largest absolute Gasteiger partial charge is 0.493 e. The van der Waals surface area contributed by atoms with Crippen LogP contribution in [0.5, 0.6) is 5.75 Å². The van der Waals surface area contributed by atoms with Crippen molar-refractivity contribution in [2.45, 2.75) is 18.6 Å². The van der Waals surface area contributed by atoms with Crippen molar-refractivity contribution in [2.75, 3.05) is 26.1 Å². The van der Waals surface area contributed by atoms with Crippen molar-refractivity contribution in [3.8, 4) is 17.0 Å². The van der Waals surface area contributed by atoms with E-state index in [2.05, 4.69) is 9.71 Å². The molecule has 2 heterocycles. The van der Waals surface area contributed by atoms with Gasteiger partial charge in [0.2, 0.25) is 10.0 Å². The molecule has 1 aromatic heterocycles. The minimum atomic E-state index is -4.42. The highest BCUT2D eigenvalue weighted by atomic mass is 32.2. The molecule has 0 spiro atoms. The van der Waals surface area contributed by atoms with E-state index in [4.69, 9.17) is 9.47 Å². The van der Waals surface area contributed by atoms with Gasteiger partial charge in [-0.3, -0.25) is 4.98 Å². The Kier molecular flexibility index (Phi) is 6.45. The predicted molar refractivity (Wildman–Crippen MR) is 101 cm³/mol. The number of hydrogen-bond donors (Lipinski definition) is 1. The maximum atomic E-state index is 12.6. The molecule has 1 aliphatic heterocycles. The Labute approximate surface area is 167 Å². The summed E-state index contributed by atoms with van der Waals surface area (Å²) < 4.78 is 74.7. The fraction of sp³-hybridized carbons (Fsp3) is 0.421. The van der Waals surface area contributed by atoms with Crippen LogP contribution in [0.25, 0.3) is 11.3 Å². The van der Waals surface area contributed by atoms with E-state index in [9.17, 15) is 21.6 Å². The van der Waals surface area contributed by atoms with Gasteiger partial charge in [0.25, 0.3) is 0 Å². The normalized spacial score (nSPS) is 20.4. The number of alkyl halides is 3. The molecular formula is C19H21F3N2O4S. The molecule has 1 aliphatic rings. The van der Waals surface area contributed by atoms with Crippen molar-refractivity contribution in [1.29, 1.82) is 0 Å². The smallest absolute Gasteiger partial charge is 0.417 e. The fourth-order valence-electron chi connectivity index (χ4n) is 3.05. The molecule has 0 amide bonds. The summed E-state index contributed by atoms with van der Waals surface area (Å²) in [4.78, 5) is 3.87. The number of sulfonamides is 1. The van der Waals surface area contributed by atoms with Crippen molar-refractivity contribution < 1.29 is 31.1 Å². The van der Waals surface area contributed by atoms with E-state index >= 15 is 0 Å². The Bertz CT molecular complexity index is 916. The van der Waals surface area contributed by atoms with Gasteiger partial charge in [-0.15, -0.1) is 0 Å². The first-order valence-corrected chi connectivity index (χ1v) is 10.8. The highest BCUT2D eigenvalue weighted by Crippen LogP contribution is 2.30. The molecule has 1 saturated heterocycles. The van der Waals surface area contributed by atoms with Crippen LogP contribution in [0, 0.1) is 5.92 Å². The first kappa shape index (κ1) is 21.5. The van der Waals surface area contributed by atoms with Crippen LogP contribution in [-0.2, 0) is 20.9 Å². The zero-order valence-electron chi connectivity index (χ0n) is 15.6. The number of rotatable bonds is 6. The van der Waals surface area contributed by atoms with E-state index in [1.165, 1.54) is 6.07 Å². The van der Waals surface area contributed by atoms with Gasteiger partial charge in [0, 0.05) is 30.3 Å². The van der Waals surface area contributed by atoms with Gasteiger partial charge in [0.15, 0.2) is 0 Å². The Morgan fingerprint density at radius 1 is 1.21 bits per heavy atom. The molecule has 0 bridgehead atoms. The predicted octanol–water partition coefficient (Wildman–Crippen LogP) is 3.10. The summed E-state index contributed by atoms with van der Waals surface area (Å²) in [6, 6.07) is 8.84. The average molecular weight is 430 g/mol. The minimum Gasteiger partial charge on any atom is -0.493 e. The lowest BCUT2D eigenvalue weighted by Crippen LogP contribution is -2.47. The lowest BCUT2D eigenvalue weighted by molar-refractivity contribution is -0.137. The summed E-state index contributed by atoms with van der Waals surface area (Å²) in [7, 11) is -3.33. The molecule has 0 aliphatic carbocycles. The monoisotopic (exact) mass is 430 g/mol. The number of pyridine rings is 1. The Hall–Kier alpha value is -2.17. The number of nitrogens with zero attached hydrogens (tertiary/aromatic N) is 1. The second-order valence-corrected chi connectivity index (χ2v) is 8.67. The molecule has 0 radical (unpaired) electrons. The highest BCUT2D eigenvalue weighted by molar-refractivity contribution is 7.88. The Balaban J connectivity index is 1.61. The maximum absolute atomic E-state index is 12.6. The number of halogens is 3. The van der Waals surface area contributed by atoms with Crippen LogP contribution in [0.3, 0.4) is 0 Å². The first-order valence-electron chi connectivity index (χ1n) is 8.93. The van der Waals surface area contributed by atoms with Crippen molar-refractivity contribution in [3.05, 3.63) is 48.2 Å². The highest BCUT2D eigenvalue weighted by Gasteiger charge is 2.31. The van der Waals surface area contributed by atoms with Crippen LogP contribution in [0.2, 0.25) is 0 Å². The maximum Gasteiger partial charge on any atom is 0.417 e. The molecule has 1 fully saturated rings. The van der Waals surface area contributed by atoms with Crippen LogP contribution >= 0.6 is 0 Å². The van der Waals surface area contributed by atoms with Gasteiger partial charge in [-0.25, -0.2) is 13.1 Å². The van der Waals surface area contributed by atoms with E-state index in [0.29, 0.717) is 36.6 Å². The van der Waals surface area contributed by atoms with Crippen molar-refractivity contribution in [2.24, 2.45) is 5.92 Å². The summed E-state index contributed by atoms with van der Waals surface area (Å²) in [5.41, 5.74) is 0.277. The topological polar surface area (TPSA) is 77.5 Å². The third-order valence-corrected chi connectivity index (χ3v) is 5.28. The van der Waals surface area contributed by atoms with E-state index in [1.54, 1.807) is 24.3 Å². The molecule has 1 aromatic carbocycles. The summed E-state index contributed by atoms with van der Waals surface area (Å²) in [6.07, 6.45) is -1.93. The zero-order chi connectivity index (χ0) is 21.1. The molecular weight excluding hydrogens is 409 g/mol. The number of hydrogen-bond acceptors (Lipinski definition) is 5. The molecule has 2 aromatic rings. The summed E-state index contributed by atoms with van der Waals surface area (Å²) >= 11 is 0. The second kappa shape index (κ2) is 8.68. The summed E-state index contributed by atoms with van der Waals surface area (Å²) in [5, 5.41) is 0. The van der Waals surface area contributed by atoms with Gasteiger partial charge in [-0.1, -0.05) is 0 Å². The van der Waals surface area contributed by atoms with Crippen LogP contribution in [-0.4, -0.2) is 45.5 Å². The molecule has 3 rings (SSSR count). The Morgan fingerprint density at radius 3 is 2.52 bits per heavy atom. The summed E-state index contributed by atoms with van der Waals surface area (Å²) in [5.74, 6) is 0.430. The van der Waals surface area contributed by atoms with Crippen LogP contribution < -0.4 is 9.46 Å². The van der Waals surface area contributed by atoms with Gasteiger partial charge in [0.05, 0.1) is 30.7 Å². The number of benzene rings is 1. The fourth-order valence-corrected chi connectivity index (χ4v) is 3.91.